The average molecular weight is 327 g/mol. The summed E-state index contributed by atoms with van der Waals surface area (Å²) in [6, 6.07) is 11.3. The van der Waals surface area contributed by atoms with Gasteiger partial charge in [0.15, 0.2) is 0 Å². The Labute approximate surface area is 140 Å². The molecule has 0 radical (unpaired) electrons. The average Bonchev–Trinajstić information content (AvgIpc) is 3.32. The Morgan fingerprint density at radius 2 is 1.79 bits per heavy atom. The van der Waals surface area contributed by atoms with Crippen LogP contribution >= 0.6 is 0 Å². The molecule has 3 rings (SSSR count). The second-order valence-corrected chi connectivity index (χ2v) is 5.69. The molecule has 24 heavy (non-hydrogen) atoms. The minimum atomic E-state index is -0.332. The summed E-state index contributed by atoms with van der Waals surface area (Å²) in [5, 5.41) is 5.57. The summed E-state index contributed by atoms with van der Waals surface area (Å²) >= 11 is 0. The lowest BCUT2D eigenvalue weighted by molar-refractivity contribution is -0.129. The SMILES string of the molecule is O=C(NCCNC(=O)C1CCCO1)c1ccc(-n2cccc2)cc1. The fraction of sp³-hybridized carbons (Fsp3) is 0.333. The Morgan fingerprint density at radius 3 is 2.46 bits per heavy atom. The Morgan fingerprint density at radius 1 is 1.08 bits per heavy atom. The number of hydrogen-bond donors (Lipinski definition) is 2. The number of rotatable bonds is 6. The van der Waals surface area contributed by atoms with Crippen LogP contribution in [0.3, 0.4) is 0 Å². The van der Waals surface area contributed by atoms with Crippen LogP contribution in [0.15, 0.2) is 48.8 Å². The zero-order valence-corrected chi connectivity index (χ0v) is 13.4. The first-order valence-electron chi connectivity index (χ1n) is 8.15. The number of amides is 2. The van der Waals surface area contributed by atoms with Gasteiger partial charge in [0.1, 0.15) is 6.10 Å². The van der Waals surface area contributed by atoms with Gasteiger partial charge in [0.05, 0.1) is 0 Å². The Balaban J connectivity index is 1.42. The molecule has 0 saturated carbocycles. The molecule has 1 saturated heterocycles. The molecule has 2 heterocycles. The molecule has 2 aromatic rings. The molecule has 6 nitrogen and oxygen atoms in total. The molecule has 0 spiro atoms. The molecule has 2 amide bonds. The minimum absolute atomic E-state index is 0.0992. The van der Waals surface area contributed by atoms with Gasteiger partial charge in [0.2, 0.25) is 5.91 Å². The lowest BCUT2D eigenvalue weighted by Gasteiger charge is -2.11. The van der Waals surface area contributed by atoms with Gasteiger partial charge >= 0.3 is 0 Å². The number of nitrogens with zero attached hydrogens (tertiary/aromatic N) is 1. The fourth-order valence-electron chi connectivity index (χ4n) is 2.65. The van der Waals surface area contributed by atoms with Gasteiger partial charge in [-0.15, -0.1) is 0 Å². The highest BCUT2D eigenvalue weighted by molar-refractivity contribution is 5.94. The number of carbonyl (C=O) groups excluding carboxylic acids is 2. The predicted octanol–water partition coefficient (Wildman–Crippen LogP) is 1.50. The zero-order chi connectivity index (χ0) is 16.8. The lowest BCUT2D eigenvalue weighted by Crippen LogP contribution is -2.39. The van der Waals surface area contributed by atoms with Gasteiger partial charge in [-0.2, -0.15) is 0 Å². The molecule has 1 aromatic carbocycles. The summed E-state index contributed by atoms with van der Waals surface area (Å²) in [5.41, 5.74) is 1.59. The van der Waals surface area contributed by atoms with Gasteiger partial charge in [-0.1, -0.05) is 0 Å². The van der Waals surface area contributed by atoms with Gasteiger partial charge in [0.25, 0.3) is 5.91 Å². The third-order valence-electron chi connectivity index (χ3n) is 3.96. The van der Waals surface area contributed by atoms with E-state index in [0.29, 0.717) is 25.3 Å². The molecule has 1 atom stereocenters. The van der Waals surface area contributed by atoms with Gasteiger partial charge in [-0.25, -0.2) is 0 Å². The number of nitrogens with one attached hydrogen (secondary N) is 2. The molecule has 1 fully saturated rings. The minimum Gasteiger partial charge on any atom is -0.368 e. The molecule has 126 valence electrons. The Hall–Kier alpha value is -2.60. The van der Waals surface area contributed by atoms with E-state index in [4.69, 9.17) is 4.74 Å². The fourth-order valence-corrected chi connectivity index (χ4v) is 2.65. The summed E-state index contributed by atoms with van der Waals surface area (Å²) in [6.45, 7) is 1.43. The van der Waals surface area contributed by atoms with E-state index in [2.05, 4.69) is 10.6 Å². The quantitative estimate of drug-likeness (QED) is 0.790. The standard InChI is InChI=1S/C18H21N3O3/c22-17(19-9-10-20-18(23)16-4-3-13-24-16)14-5-7-15(8-6-14)21-11-1-2-12-21/h1-2,5-8,11-12,16H,3-4,9-10,13H2,(H,19,22)(H,20,23). The van der Waals surface area contributed by atoms with Gasteiger partial charge in [0, 0.05) is 43.3 Å². The van der Waals surface area contributed by atoms with E-state index in [9.17, 15) is 9.59 Å². The number of aromatic nitrogens is 1. The van der Waals surface area contributed by atoms with E-state index in [1.807, 2.05) is 41.2 Å². The first-order chi connectivity index (χ1) is 11.7. The molecular weight excluding hydrogens is 306 g/mol. The maximum atomic E-state index is 12.1. The van der Waals surface area contributed by atoms with Crippen LogP contribution in [0.5, 0.6) is 0 Å². The molecule has 1 unspecified atom stereocenters. The van der Waals surface area contributed by atoms with Crippen molar-refractivity contribution in [3.63, 3.8) is 0 Å². The van der Waals surface area contributed by atoms with Crippen molar-refractivity contribution in [1.82, 2.24) is 15.2 Å². The third kappa shape index (κ3) is 4.02. The number of hydrogen-bond acceptors (Lipinski definition) is 3. The Kier molecular flexibility index (Phi) is 5.28. The summed E-state index contributed by atoms with van der Waals surface area (Å²) in [7, 11) is 0. The van der Waals surface area contributed by atoms with Crippen LogP contribution in [-0.2, 0) is 9.53 Å². The van der Waals surface area contributed by atoms with E-state index in [1.54, 1.807) is 12.1 Å². The molecule has 6 heteroatoms. The smallest absolute Gasteiger partial charge is 0.251 e. The molecule has 0 bridgehead atoms. The highest BCUT2D eigenvalue weighted by Gasteiger charge is 2.22. The largest absolute Gasteiger partial charge is 0.368 e. The van der Waals surface area contributed by atoms with E-state index >= 15 is 0 Å². The van der Waals surface area contributed by atoms with Crippen molar-refractivity contribution in [3.8, 4) is 5.69 Å². The van der Waals surface area contributed by atoms with E-state index in [0.717, 1.165) is 18.5 Å². The van der Waals surface area contributed by atoms with Gasteiger partial charge in [-0.05, 0) is 49.2 Å². The topological polar surface area (TPSA) is 72.4 Å². The van der Waals surface area contributed by atoms with Gasteiger partial charge in [-0.3, -0.25) is 9.59 Å². The normalized spacial score (nSPS) is 16.8. The summed E-state index contributed by atoms with van der Waals surface area (Å²) in [6.07, 6.45) is 5.26. The third-order valence-corrected chi connectivity index (χ3v) is 3.96. The van der Waals surface area contributed by atoms with Crippen LogP contribution in [0.25, 0.3) is 5.69 Å². The van der Waals surface area contributed by atoms with Crippen LogP contribution < -0.4 is 10.6 Å². The number of ether oxygens (including phenoxy) is 1. The van der Waals surface area contributed by atoms with E-state index < -0.39 is 0 Å². The van der Waals surface area contributed by atoms with Crippen molar-refractivity contribution < 1.29 is 14.3 Å². The first-order valence-corrected chi connectivity index (χ1v) is 8.15. The van der Waals surface area contributed by atoms with Crippen molar-refractivity contribution in [2.24, 2.45) is 0 Å². The van der Waals surface area contributed by atoms with Crippen LogP contribution in [0, 0.1) is 0 Å². The molecule has 1 aliphatic heterocycles. The summed E-state index contributed by atoms with van der Waals surface area (Å²) in [4.78, 5) is 23.8. The van der Waals surface area contributed by atoms with Crippen LogP contribution in [0.2, 0.25) is 0 Å². The molecule has 2 N–H and O–H groups in total. The highest BCUT2D eigenvalue weighted by Crippen LogP contribution is 2.11. The number of carbonyl (C=O) groups is 2. The predicted molar refractivity (Wildman–Crippen MR) is 90.1 cm³/mol. The van der Waals surface area contributed by atoms with Crippen molar-refractivity contribution in [2.45, 2.75) is 18.9 Å². The van der Waals surface area contributed by atoms with Crippen LogP contribution in [-0.4, -0.2) is 42.2 Å². The second kappa shape index (κ2) is 7.79. The lowest BCUT2D eigenvalue weighted by atomic mass is 10.2. The summed E-state index contributed by atoms with van der Waals surface area (Å²) in [5.74, 6) is -0.252. The Bertz CT molecular complexity index is 674. The van der Waals surface area contributed by atoms with E-state index in [-0.39, 0.29) is 17.9 Å². The van der Waals surface area contributed by atoms with Crippen molar-refractivity contribution in [1.29, 1.82) is 0 Å². The monoisotopic (exact) mass is 327 g/mol. The number of benzene rings is 1. The van der Waals surface area contributed by atoms with Crippen molar-refractivity contribution >= 4 is 11.8 Å². The second-order valence-electron chi connectivity index (χ2n) is 5.69. The van der Waals surface area contributed by atoms with Gasteiger partial charge < -0.3 is 19.9 Å². The van der Waals surface area contributed by atoms with Crippen molar-refractivity contribution in [3.05, 3.63) is 54.4 Å². The van der Waals surface area contributed by atoms with Crippen LogP contribution in [0.4, 0.5) is 0 Å². The summed E-state index contributed by atoms with van der Waals surface area (Å²) < 4.78 is 7.28. The van der Waals surface area contributed by atoms with E-state index in [1.165, 1.54) is 0 Å². The molecule has 1 aliphatic rings. The molecular formula is C18H21N3O3. The maximum Gasteiger partial charge on any atom is 0.251 e. The highest BCUT2D eigenvalue weighted by atomic mass is 16.5. The first kappa shape index (κ1) is 16.3. The van der Waals surface area contributed by atoms with Crippen LogP contribution in [0.1, 0.15) is 23.2 Å². The molecule has 1 aromatic heterocycles. The van der Waals surface area contributed by atoms with Crippen molar-refractivity contribution in [2.75, 3.05) is 19.7 Å². The maximum absolute atomic E-state index is 12.1. The zero-order valence-electron chi connectivity index (χ0n) is 13.4. The molecule has 0 aliphatic carbocycles.